The van der Waals surface area contributed by atoms with Gasteiger partial charge in [0.2, 0.25) is 0 Å². The summed E-state index contributed by atoms with van der Waals surface area (Å²) < 4.78 is 0. The van der Waals surface area contributed by atoms with Gasteiger partial charge in [-0.05, 0) is 63.8 Å². The second-order valence-corrected chi connectivity index (χ2v) is 8.28. The fourth-order valence-electron chi connectivity index (χ4n) is 4.04. The first-order chi connectivity index (χ1) is 10.2. The Morgan fingerprint density at radius 3 is 2.67 bits per heavy atom. The largest absolute Gasteiger partial charge is 0.305 e. The Bertz CT molecular complexity index is 478. The molecule has 0 saturated heterocycles. The van der Waals surface area contributed by atoms with Crippen molar-refractivity contribution in [2.45, 2.75) is 77.7 Å². The first-order valence-electron chi connectivity index (χ1n) is 8.90. The predicted octanol–water partition coefficient (Wildman–Crippen LogP) is 4.81. The average molecular weight is 307 g/mol. The fourth-order valence-corrected chi connectivity index (χ4v) is 5.25. The van der Waals surface area contributed by atoms with Gasteiger partial charge in [0.25, 0.3) is 0 Å². The number of nitrogens with zero attached hydrogens (tertiary/aromatic N) is 1. The number of aromatic nitrogens is 1. The van der Waals surface area contributed by atoms with Crippen molar-refractivity contribution in [2.75, 3.05) is 6.54 Å². The highest BCUT2D eigenvalue weighted by Crippen LogP contribution is 2.50. The molecule has 1 heterocycles. The summed E-state index contributed by atoms with van der Waals surface area (Å²) in [6, 6.07) is 0. The van der Waals surface area contributed by atoms with E-state index in [0.29, 0.717) is 0 Å². The standard InChI is InChI=1S/C18H30N2S/c1-4-11-19-18(17-20-16(5-2)13(3)21-17)10-6-7-15(12-18)14-8-9-14/h14-15,19H,4-12H2,1-3H3. The van der Waals surface area contributed by atoms with Crippen LogP contribution in [0.1, 0.15) is 74.4 Å². The summed E-state index contributed by atoms with van der Waals surface area (Å²) >= 11 is 1.96. The molecule has 3 heteroatoms. The fraction of sp³-hybridized carbons (Fsp3) is 0.833. The van der Waals surface area contributed by atoms with Gasteiger partial charge in [0.05, 0.1) is 11.2 Å². The molecular formula is C18H30N2S. The summed E-state index contributed by atoms with van der Waals surface area (Å²) in [6.45, 7) is 7.87. The van der Waals surface area contributed by atoms with Crippen LogP contribution in [-0.4, -0.2) is 11.5 Å². The first kappa shape index (κ1) is 15.5. The highest BCUT2D eigenvalue weighted by Gasteiger charge is 2.44. The molecule has 1 aromatic rings. The minimum absolute atomic E-state index is 0.185. The summed E-state index contributed by atoms with van der Waals surface area (Å²) in [5, 5.41) is 5.31. The van der Waals surface area contributed by atoms with Gasteiger partial charge in [0, 0.05) is 4.88 Å². The molecule has 0 aliphatic heterocycles. The monoisotopic (exact) mass is 306 g/mol. The van der Waals surface area contributed by atoms with Crippen LogP contribution in [0.2, 0.25) is 0 Å². The van der Waals surface area contributed by atoms with E-state index in [0.717, 1.165) is 24.8 Å². The zero-order valence-electron chi connectivity index (χ0n) is 13.9. The van der Waals surface area contributed by atoms with E-state index in [4.69, 9.17) is 4.98 Å². The van der Waals surface area contributed by atoms with Gasteiger partial charge in [-0.3, -0.25) is 0 Å². The normalized spacial score (nSPS) is 29.8. The summed E-state index contributed by atoms with van der Waals surface area (Å²) in [5.41, 5.74) is 1.51. The number of nitrogens with one attached hydrogen (secondary N) is 1. The van der Waals surface area contributed by atoms with Crippen molar-refractivity contribution < 1.29 is 0 Å². The third kappa shape index (κ3) is 3.19. The lowest BCUT2D eigenvalue weighted by molar-refractivity contribution is 0.163. The van der Waals surface area contributed by atoms with Crippen LogP contribution in [0.15, 0.2) is 0 Å². The molecule has 0 amide bonds. The van der Waals surface area contributed by atoms with Crippen molar-refractivity contribution in [2.24, 2.45) is 11.8 Å². The van der Waals surface area contributed by atoms with E-state index >= 15 is 0 Å². The van der Waals surface area contributed by atoms with E-state index in [-0.39, 0.29) is 5.54 Å². The zero-order chi connectivity index (χ0) is 14.9. The number of hydrogen-bond donors (Lipinski definition) is 1. The SMILES string of the molecule is CCCNC1(c2nc(CC)c(C)s2)CCCC(C2CC2)C1. The van der Waals surface area contributed by atoms with Crippen LogP contribution < -0.4 is 5.32 Å². The molecule has 0 aromatic carbocycles. The number of aryl methyl sites for hydroxylation is 2. The molecule has 2 unspecified atom stereocenters. The molecule has 2 aliphatic rings. The average Bonchev–Trinajstić information content (AvgIpc) is 3.28. The lowest BCUT2D eigenvalue weighted by atomic mass is 9.74. The van der Waals surface area contributed by atoms with Crippen molar-refractivity contribution >= 4 is 11.3 Å². The molecule has 2 fully saturated rings. The Labute approximate surface area is 133 Å². The molecule has 2 saturated carbocycles. The van der Waals surface area contributed by atoms with Crippen LogP contribution in [0.5, 0.6) is 0 Å². The molecule has 3 rings (SSSR count). The lowest BCUT2D eigenvalue weighted by Crippen LogP contribution is -2.46. The molecule has 0 bridgehead atoms. The maximum Gasteiger partial charge on any atom is 0.113 e. The molecule has 2 atom stereocenters. The molecule has 2 aliphatic carbocycles. The van der Waals surface area contributed by atoms with E-state index in [1.165, 1.54) is 60.5 Å². The second-order valence-electron chi connectivity index (χ2n) is 7.08. The Morgan fingerprint density at radius 2 is 2.05 bits per heavy atom. The molecule has 1 aromatic heterocycles. The Hall–Kier alpha value is -0.410. The summed E-state index contributed by atoms with van der Waals surface area (Å²) in [5.74, 6) is 1.97. The van der Waals surface area contributed by atoms with Crippen LogP contribution in [-0.2, 0) is 12.0 Å². The zero-order valence-corrected chi connectivity index (χ0v) is 14.7. The van der Waals surface area contributed by atoms with Crippen molar-refractivity contribution in [1.29, 1.82) is 0 Å². The van der Waals surface area contributed by atoms with Crippen molar-refractivity contribution in [3.8, 4) is 0 Å². The van der Waals surface area contributed by atoms with E-state index in [9.17, 15) is 0 Å². The molecule has 0 radical (unpaired) electrons. The van der Waals surface area contributed by atoms with Crippen LogP contribution >= 0.6 is 11.3 Å². The highest BCUT2D eigenvalue weighted by molar-refractivity contribution is 7.11. The van der Waals surface area contributed by atoms with Crippen LogP contribution in [0, 0.1) is 18.8 Å². The number of thiazole rings is 1. The Balaban J connectivity index is 1.87. The van der Waals surface area contributed by atoms with Crippen LogP contribution in [0.4, 0.5) is 0 Å². The molecule has 0 spiro atoms. The van der Waals surface area contributed by atoms with Crippen molar-refractivity contribution in [1.82, 2.24) is 10.3 Å². The highest BCUT2D eigenvalue weighted by atomic mass is 32.1. The molecule has 21 heavy (non-hydrogen) atoms. The molecule has 1 N–H and O–H groups in total. The van der Waals surface area contributed by atoms with E-state index in [2.05, 4.69) is 26.1 Å². The predicted molar refractivity (Wildman–Crippen MR) is 90.9 cm³/mol. The van der Waals surface area contributed by atoms with E-state index in [1.54, 1.807) is 0 Å². The maximum absolute atomic E-state index is 5.05. The van der Waals surface area contributed by atoms with Crippen molar-refractivity contribution in [3.63, 3.8) is 0 Å². The maximum atomic E-state index is 5.05. The molecule has 118 valence electrons. The molecular weight excluding hydrogens is 276 g/mol. The smallest absolute Gasteiger partial charge is 0.113 e. The third-order valence-electron chi connectivity index (χ3n) is 5.43. The summed E-state index contributed by atoms with van der Waals surface area (Å²) in [6.07, 6.45) is 10.7. The van der Waals surface area contributed by atoms with Crippen LogP contribution in [0.25, 0.3) is 0 Å². The topological polar surface area (TPSA) is 24.9 Å². The van der Waals surface area contributed by atoms with Crippen molar-refractivity contribution in [3.05, 3.63) is 15.6 Å². The van der Waals surface area contributed by atoms with E-state index in [1.807, 2.05) is 11.3 Å². The van der Waals surface area contributed by atoms with Crippen LogP contribution in [0.3, 0.4) is 0 Å². The quantitative estimate of drug-likeness (QED) is 0.816. The van der Waals surface area contributed by atoms with Gasteiger partial charge in [0.1, 0.15) is 5.01 Å². The molecule has 2 nitrogen and oxygen atoms in total. The van der Waals surface area contributed by atoms with Gasteiger partial charge < -0.3 is 5.32 Å². The van der Waals surface area contributed by atoms with Gasteiger partial charge in [0.15, 0.2) is 0 Å². The summed E-state index contributed by atoms with van der Waals surface area (Å²) in [4.78, 5) is 6.48. The third-order valence-corrected chi connectivity index (χ3v) is 6.65. The minimum atomic E-state index is 0.185. The van der Waals surface area contributed by atoms with Gasteiger partial charge in [-0.2, -0.15) is 0 Å². The van der Waals surface area contributed by atoms with E-state index < -0.39 is 0 Å². The number of rotatable bonds is 6. The first-order valence-corrected chi connectivity index (χ1v) is 9.72. The number of hydrogen-bond acceptors (Lipinski definition) is 3. The Kier molecular flexibility index (Phi) is 4.70. The van der Waals surface area contributed by atoms with Gasteiger partial charge in [-0.1, -0.05) is 26.7 Å². The summed E-state index contributed by atoms with van der Waals surface area (Å²) in [7, 11) is 0. The minimum Gasteiger partial charge on any atom is -0.305 e. The van der Waals surface area contributed by atoms with Gasteiger partial charge >= 0.3 is 0 Å². The lowest BCUT2D eigenvalue weighted by Gasteiger charge is -2.41. The van der Waals surface area contributed by atoms with Gasteiger partial charge in [-0.15, -0.1) is 11.3 Å². The Morgan fingerprint density at radius 1 is 1.24 bits per heavy atom. The van der Waals surface area contributed by atoms with Gasteiger partial charge in [-0.25, -0.2) is 4.98 Å². The second kappa shape index (κ2) is 6.37.